The van der Waals surface area contributed by atoms with Crippen molar-refractivity contribution in [3.63, 3.8) is 0 Å². The number of nitrogens with two attached hydrogens (primary N) is 1. The molecule has 19 heavy (non-hydrogen) atoms. The van der Waals surface area contributed by atoms with Crippen molar-refractivity contribution >= 4 is 17.6 Å². The molecule has 1 unspecified atom stereocenters. The van der Waals surface area contributed by atoms with Gasteiger partial charge in [-0.3, -0.25) is 4.79 Å². The molecule has 0 fully saturated rings. The molecule has 1 atom stereocenters. The Morgan fingerprint density at radius 1 is 1.37 bits per heavy atom. The van der Waals surface area contributed by atoms with Crippen LogP contribution in [0.3, 0.4) is 0 Å². The summed E-state index contributed by atoms with van der Waals surface area (Å²) in [4.78, 5) is 20.6. The molecule has 102 valence electrons. The van der Waals surface area contributed by atoms with Gasteiger partial charge in [-0.15, -0.1) is 0 Å². The number of hydrogen-bond donors (Lipinski definition) is 1. The molecule has 1 amide bonds. The maximum atomic E-state index is 12.4. The first-order valence-corrected chi connectivity index (χ1v) is 6.54. The Morgan fingerprint density at radius 3 is 2.63 bits per heavy atom. The van der Waals surface area contributed by atoms with Crippen molar-refractivity contribution in [1.82, 2.24) is 9.97 Å². The van der Waals surface area contributed by atoms with Gasteiger partial charge in [0.2, 0.25) is 0 Å². The molecule has 0 radical (unpaired) electrons. The van der Waals surface area contributed by atoms with Crippen LogP contribution in [0.5, 0.6) is 0 Å². The lowest BCUT2D eigenvalue weighted by Crippen LogP contribution is -2.30. The lowest BCUT2D eigenvalue weighted by atomic mass is 9.91. The first-order valence-electron chi connectivity index (χ1n) is 6.54. The van der Waals surface area contributed by atoms with Crippen LogP contribution in [-0.2, 0) is 4.79 Å². The van der Waals surface area contributed by atoms with Gasteiger partial charge in [-0.2, -0.15) is 10.1 Å². The Balaban J connectivity index is 2.26. The highest BCUT2D eigenvalue weighted by molar-refractivity contribution is 6.15. The largest absolute Gasteiger partial charge is 0.330 e. The van der Waals surface area contributed by atoms with Gasteiger partial charge in [-0.1, -0.05) is 13.8 Å². The van der Waals surface area contributed by atoms with Crippen LogP contribution in [-0.4, -0.2) is 28.1 Å². The number of nitrogens with zero attached hydrogens (tertiary/aromatic N) is 4. The second-order valence-corrected chi connectivity index (χ2v) is 4.86. The molecule has 0 bridgehead atoms. The zero-order chi connectivity index (χ0) is 13.8. The minimum absolute atomic E-state index is 0.0525. The highest BCUT2D eigenvalue weighted by Gasteiger charge is 2.38. The molecule has 0 aromatic carbocycles. The van der Waals surface area contributed by atoms with Crippen molar-refractivity contribution in [2.45, 2.75) is 26.7 Å². The number of carbonyl (C=O) groups excluding carboxylic acids is 1. The van der Waals surface area contributed by atoms with Gasteiger partial charge >= 0.3 is 0 Å². The van der Waals surface area contributed by atoms with Crippen LogP contribution in [0.15, 0.2) is 23.6 Å². The van der Waals surface area contributed by atoms with Gasteiger partial charge in [0.15, 0.2) is 0 Å². The maximum absolute atomic E-state index is 12.4. The Kier molecular flexibility index (Phi) is 4.21. The average Bonchev–Trinajstić information content (AvgIpc) is 2.75. The third-order valence-corrected chi connectivity index (χ3v) is 3.11. The molecular formula is C13H19N5O. The molecule has 1 aliphatic rings. The van der Waals surface area contributed by atoms with Crippen molar-refractivity contribution < 1.29 is 4.79 Å². The summed E-state index contributed by atoms with van der Waals surface area (Å²) in [5, 5.41) is 5.72. The van der Waals surface area contributed by atoms with E-state index in [1.807, 2.05) is 13.8 Å². The van der Waals surface area contributed by atoms with Gasteiger partial charge in [0.1, 0.15) is 0 Å². The fourth-order valence-electron chi connectivity index (χ4n) is 2.16. The van der Waals surface area contributed by atoms with Crippen molar-refractivity contribution in [1.29, 1.82) is 0 Å². The summed E-state index contributed by atoms with van der Waals surface area (Å²) >= 11 is 0. The summed E-state index contributed by atoms with van der Waals surface area (Å²) < 4.78 is 0. The second kappa shape index (κ2) is 5.88. The summed E-state index contributed by atoms with van der Waals surface area (Å²) in [6.45, 7) is 4.66. The van der Waals surface area contributed by atoms with E-state index in [4.69, 9.17) is 5.73 Å². The van der Waals surface area contributed by atoms with Crippen molar-refractivity contribution in [2.75, 3.05) is 11.6 Å². The summed E-state index contributed by atoms with van der Waals surface area (Å²) in [5.41, 5.74) is 6.42. The fraction of sp³-hybridized carbons (Fsp3) is 0.538. The minimum Gasteiger partial charge on any atom is -0.330 e. The normalized spacial score (nSPS) is 19.2. The van der Waals surface area contributed by atoms with E-state index in [0.29, 0.717) is 12.5 Å². The van der Waals surface area contributed by atoms with Gasteiger partial charge in [0, 0.05) is 12.4 Å². The average molecular weight is 261 g/mol. The van der Waals surface area contributed by atoms with Crippen molar-refractivity contribution in [2.24, 2.45) is 22.7 Å². The highest BCUT2D eigenvalue weighted by Crippen LogP contribution is 2.26. The monoisotopic (exact) mass is 261 g/mol. The van der Waals surface area contributed by atoms with E-state index in [1.54, 1.807) is 18.5 Å². The minimum atomic E-state index is -0.188. The Bertz CT molecular complexity index is 471. The number of aromatic nitrogens is 2. The Morgan fingerprint density at radius 2 is 2.05 bits per heavy atom. The molecule has 2 heterocycles. The highest BCUT2D eigenvalue weighted by atomic mass is 16.2. The van der Waals surface area contributed by atoms with Gasteiger partial charge in [0.25, 0.3) is 11.9 Å². The zero-order valence-corrected chi connectivity index (χ0v) is 11.3. The van der Waals surface area contributed by atoms with E-state index < -0.39 is 0 Å². The molecule has 2 rings (SSSR count). The molecule has 0 saturated carbocycles. The summed E-state index contributed by atoms with van der Waals surface area (Å²) in [6, 6.07) is 1.71. The molecule has 0 aliphatic carbocycles. The first kappa shape index (κ1) is 13.6. The van der Waals surface area contributed by atoms with E-state index in [1.165, 1.54) is 5.01 Å². The van der Waals surface area contributed by atoms with E-state index in [9.17, 15) is 4.79 Å². The van der Waals surface area contributed by atoms with E-state index in [0.717, 1.165) is 18.6 Å². The first-order chi connectivity index (χ1) is 9.15. The third-order valence-electron chi connectivity index (χ3n) is 3.11. The number of hydrazone groups is 1. The summed E-state index contributed by atoms with van der Waals surface area (Å²) in [5.74, 6) is 0.317. The number of carbonyl (C=O) groups is 1. The van der Waals surface area contributed by atoms with Gasteiger partial charge < -0.3 is 5.73 Å². The Labute approximate surface area is 112 Å². The quantitative estimate of drug-likeness (QED) is 0.862. The van der Waals surface area contributed by atoms with E-state index in [-0.39, 0.29) is 17.7 Å². The molecule has 6 heteroatoms. The molecule has 0 saturated heterocycles. The zero-order valence-electron chi connectivity index (χ0n) is 11.3. The topological polar surface area (TPSA) is 84.5 Å². The molecule has 2 N–H and O–H groups in total. The van der Waals surface area contributed by atoms with E-state index >= 15 is 0 Å². The SMILES string of the molecule is CC(C)C1=NN(c2ncccn2)C(=O)C1CCCN. The fourth-order valence-corrected chi connectivity index (χ4v) is 2.16. The van der Waals surface area contributed by atoms with Crippen LogP contribution in [0.25, 0.3) is 0 Å². The number of amides is 1. The molecule has 1 aliphatic heterocycles. The summed E-state index contributed by atoms with van der Waals surface area (Å²) in [7, 11) is 0. The lowest BCUT2D eigenvalue weighted by molar-refractivity contribution is -0.120. The number of rotatable bonds is 5. The van der Waals surface area contributed by atoms with Gasteiger partial charge in [0.05, 0.1) is 11.6 Å². The molecule has 1 aromatic rings. The van der Waals surface area contributed by atoms with Crippen molar-refractivity contribution in [3.05, 3.63) is 18.5 Å². The number of anilines is 1. The van der Waals surface area contributed by atoms with Crippen LogP contribution >= 0.6 is 0 Å². The van der Waals surface area contributed by atoms with Crippen LogP contribution < -0.4 is 10.7 Å². The van der Waals surface area contributed by atoms with Crippen molar-refractivity contribution in [3.8, 4) is 0 Å². The molecular weight excluding hydrogens is 242 g/mol. The third kappa shape index (κ3) is 2.78. The van der Waals surface area contributed by atoms with Crippen LogP contribution in [0.2, 0.25) is 0 Å². The van der Waals surface area contributed by atoms with E-state index in [2.05, 4.69) is 15.1 Å². The predicted octanol–water partition coefficient (Wildman–Crippen LogP) is 1.19. The molecule has 6 nitrogen and oxygen atoms in total. The number of hydrogen-bond acceptors (Lipinski definition) is 5. The second-order valence-electron chi connectivity index (χ2n) is 4.86. The van der Waals surface area contributed by atoms with Gasteiger partial charge in [-0.25, -0.2) is 9.97 Å². The smallest absolute Gasteiger partial charge is 0.258 e. The van der Waals surface area contributed by atoms with Crippen LogP contribution in [0.4, 0.5) is 5.95 Å². The molecule has 0 spiro atoms. The summed E-state index contributed by atoms with van der Waals surface area (Å²) in [6.07, 6.45) is 4.75. The maximum Gasteiger partial charge on any atom is 0.258 e. The van der Waals surface area contributed by atoms with Crippen LogP contribution in [0, 0.1) is 11.8 Å². The van der Waals surface area contributed by atoms with Gasteiger partial charge in [-0.05, 0) is 31.4 Å². The molecule has 1 aromatic heterocycles. The standard InChI is InChI=1S/C13H19N5O/c1-9(2)11-10(5-3-6-14)12(19)18(17-11)13-15-7-4-8-16-13/h4,7-10H,3,5-6,14H2,1-2H3. The van der Waals surface area contributed by atoms with Crippen LogP contribution in [0.1, 0.15) is 26.7 Å². The predicted molar refractivity (Wildman–Crippen MR) is 73.6 cm³/mol. The lowest BCUT2D eigenvalue weighted by Gasteiger charge is -2.13. The Hall–Kier alpha value is -1.82.